The third-order valence-corrected chi connectivity index (χ3v) is 6.98. The molecule has 40 heavy (non-hydrogen) atoms. The molecule has 0 aliphatic carbocycles. The lowest BCUT2D eigenvalue weighted by atomic mass is 10.1. The van der Waals surface area contributed by atoms with Crippen LogP contribution in [0.2, 0.25) is 5.02 Å². The van der Waals surface area contributed by atoms with Crippen LogP contribution in [0, 0.1) is 0 Å². The van der Waals surface area contributed by atoms with Crippen molar-refractivity contribution in [1.29, 1.82) is 0 Å². The standard InChI is InChI=1S/C32H36ClN3O4/c1-3-40-28-14-12-24(13-15-28)22-35(18-16-26-21-34-30-11-5-4-10-29(26)30)31(37)23-36(17-7-19-39-2)32(38)25-8-6-9-27(33)20-25/h4-6,8-15,20-21,34H,3,7,16-19,22-23H2,1-2H3. The predicted molar refractivity (Wildman–Crippen MR) is 159 cm³/mol. The first-order chi connectivity index (χ1) is 19.5. The van der Waals surface area contributed by atoms with Crippen molar-refractivity contribution in [2.45, 2.75) is 26.3 Å². The van der Waals surface area contributed by atoms with Crippen LogP contribution in [0.15, 0.2) is 79.0 Å². The molecule has 0 spiro atoms. The number of benzene rings is 3. The van der Waals surface area contributed by atoms with Crippen molar-refractivity contribution in [2.24, 2.45) is 0 Å². The van der Waals surface area contributed by atoms with Gasteiger partial charge in [0.1, 0.15) is 12.3 Å². The fraction of sp³-hybridized carbons (Fsp3) is 0.312. The molecule has 0 aliphatic heterocycles. The van der Waals surface area contributed by atoms with Gasteiger partial charge in [-0.25, -0.2) is 0 Å². The first-order valence-corrected chi connectivity index (χ1v) is 13.9. The van der Waals surface area contributed by atoms with E-state index in [4.69, 9.17) is 21.1 Å². The molecule has 0 aliphatic rings. The summed E-state index contributed by atoms with van der Waals surface area (Å²) < 4.78 is 10.8. The first kappa shape index (κ1) is 29.2. The molecule has 8 heteroatoms. The van der Waals surface area contributed by atoms with Gasteiger partial charge in [0, 0.05) is 61.0 Å². The van der Waals surface area contributed by atoms with Gasteiger partial charge in [-0.15, -0.1) is 0 Å². The average Bonchev–Trinajstić information content (AvgIpc) is 3.38. The molecule has 0 fully saturated rings. The molecule has 0 saturated carbocycles. The fourth-order valence-corrected chi connectivity index (χ4v) is 4.87. The van der Waals surface area contributed by atoms with Crippen LogP contribution < -0.4 is 4.74 Å². The van der Waals surface area contributed by atoms with Gasteiger partial charge in [0.2, 0.25) is 5.91 Å². The Balaban J connectivity index is 1.54. The minimum Gasteiger partial charge on any atom is -0.494 e. The second-order valence-corrected chi connectivity index (χ2v) is 10.0. The summed E-state index contributed by atoms with van der Waals surface area (Å²) in [6.07, 6.45) is 3.30. The Morgan fingerprint density at radius 3 is 2.50 bits per heavy atom. The van der Waals surface area contributed by atoms with Crippen LogP contribution in [0.3, 0.4) is 0 Å². The largest absolute Gasteiger partial charge is 0.494 e. The molecule has 0 bridgehead atoms. The van der Waals surface area contributed by atoms with Gasteiger partial charge in [0.05, 0.1) is 6.61 Å². The molecule has 0 radical (unpaired) electrons. The Labute approximate surface area is 240 Å². The number of ether oxygens (including phenoxy) is 2. The van der Waals surface area contributed by atoms with Crippen LogP contribution in [0.25, 0.3) is 10.9 Å². The summed E-state index contributed by atoms with van der Waals surface area (Å²) in [4.78, 5) is 34.0. The molecular formula is C32H36ClN3O4. The third kappa shape index (κ3) is 7.87. The van der Waals surface area contributed by atoms with Crippen molar-refractivity contribution >= 4 is 34.3 Å². The monoisotopic (exact) mass is 561 g/mol. The van der Waals surface area contributed by atoms with Crippen molar-refractivity contribution in [3.8, 4) is 5.75 Å². The SMILES string of the molecule is CCOc1ccc(CN(CCc2c[nH]c3ccccc23)C(=O)CN(CCCOC)C(=O)c2cccc(Cl)c2)cc1. The second kappa shape index (κ2) is 14.5. The van der Waals surface area contributed by atoms with E-state index in [9.17, 15) is 9.59 Å². The molecular weight excluding hydrogens is 526 g/mol. The number of carbonyl (C=O) groups excluding carboxylic acids is 2. The van der Waals surface area contributed by atoms with E-state index in [1.807, 2.05) is 60.5 Å². The zero-order chi connectivity index (χ0) is 28.3. The summed E-state index contributed by atoms with van der Waals surface area (Å²) in [5.74, 6) is 0.436. The maximum atomic E-state index is 13.8. The quantitative estimate of drug-likeness (QED) is 0.192. The van der Waals surface area contributed by atoms with Crippen LogP contribution in [0.4, 0.5) is 0 Å². The number of para-hydroxylation sites is 1. The Kier molecular flexibility index (Phi) is 10.6. The van der Waals surface area contributed by atoms with Gasteiger partial charge >= 0.3 is 0 Å². The number of aromatic amines is 1. The second-order valence-electron chi connectivity index (χ2n) is 9.59. The van der Waals surface area contributed by atoms with Crippen molar-refractivity contribution in [2.75, 3.05) is 40.0 Å². The highest BCUT2D eigenvalue weighted by atomic mass is 35.5. The minimum absolute atomic E-state index is 0.0417. The van der Waals surface area contributed by atoms with Crippen LogP contribution in [-0.2, 0) is 22.5 Å². The third-order valence-electron chi connectivity index (χ3n) is 6.75. The van der Waals surface area contributed by atoms with Crippen LogP contribution >= 0.6 is 11.6 Å². The van der Waals surface area contributed by atoms with Crippen molar-refractivity contribution in [3.63, 3.8) is 0 Å². The summed E-state index contributed by atoms with van der Waals surface area (Å²) in [7, 11) is 1.62. The van der Waals surface area contributed by atoms with E-state index in [-0.39, 0.29) is 18.4 Å². The van der Waals surface area contributed by atoms with Gasteiger partial charge in [-0.2, -0.15) is 0 Å². The highest BCUT2D eigenvalue weighted by Gasteiger charge is 2.23. The van der Waals surface area contributed by atoms with E-state index in [1.54, 1.807) is 36.3 Å². The highest BCUT2D eigenvalue weighted by Crippen LogP contribution is 2.20. The van der Waals surface area contributed by atoms with Crippen LogP contribution in [-0.4, -0.2) is 66.6 Å². The molecule has 0 atom stereocenters. The minimum atomic E-state index is -0.232. The van der Waals surface area contributed by atoms with E-state index in [1.165, 1.54) is 0 Å². The summed E-state index contributed by atoms with van der Waals surface area (Å²) >= 11 is 6.15. The number of methoxy groups -OCH3 is 1. The lowest BCUT2D eigenvalue weighted by molar-refractivity contribution is -0.132. The molecule has 4 aromatic rings. The molecule has 2 amide bonds. The lowest BCUT2D eigenvalue weighted by Crippen LogP contribution is -2.44. The van der Waals surface area contributed by atoms with E-state index >= 15 is 0 Å². The molecule has 4 rings (SSSR count). The first-order valence-electron chi connectivity index (χ1n) is 13.6. The molecule has 1 aromatic heterocycles. The van der Waals surface area contributed by atoms with Gasteiger partial charge in [-0.1, -0.05) is 48.0 Å². The summed E-state index contributed by atoms with van der Waals surface area (Å²) in [6, 6.07) is 22.7. The van der Waals surface area contributed by atoms with Crippen molar-refractivity contribution in [1.82, 2.24) is 14.8 Å². The number of hydrogen-bond acceptors (Lipinski definition) is 4. The molecule has 210 valence electrons. The maximum absolute atomic E-state index is 13.8. The van der Waals surface area contributed by atoms with Gasteiger partial charge in [0.15, 0.2) is 0 Å². The average molecular weight is 562 g/mol. The van der Waals surface area contributed by atoms with Gasteiger partial charge < -0.3 is 24.3 Å². The number of carbonyl (C=O) groups is 2. The zero-order valence-electron chi connectivity index (χ0n) is 23.1. The number of amides is 2. The Hall–Kier alpha value is -3.81. The van der Waals surface area contributed by atoms with Crippen molar-refractivity contribution < 1.29 is 19.1 Å². The molecule has 1 heterocycles. The zero-order valence-corrected chi connectivity index (χ0v) is 23.8. The molecule has 7 nitrogen and oxygen atoms in total. The number of rotatable bonds is 14. The number of halogens is 1. The fourth-order valence-electron chi connectivity index (χ4n) is 4.68. The van der Waals surface area contributed by atoms with E-state index in [2.05, 4.69) is 11.1 Å². The topological polar surface area (TPSA) is 74.9 Å². The number of nitrogens with zero attached hydrogens (tertiary/aromatic N) is 2. The van der Waals surface area contributed by atoms with Crippen molar-refractivity contribution in [3.05, 3.63) is 101 Å². The Morgan fingerprint density at radius 1 is 0.950 bits per heavy atom. The van der Waals surface area contributed by atoms with Gasteiger partial charge in [0.25, 0.3) is 5.91 Å². The molecule has 0 unspecified atom stereocenters. The van der Waals surface area contributed by atoms with Gasteiger partial charge in [-0.3, -0.25) is 9.59 Å². The smallest absolute Gasteiger partial charge is 0.254 e. The Bertz CT molecular complexity index is 1400. The van der Waals surface area contributed by atoms with E-state index < -0.39 is 0 Å². The number of fused-ring (bicyclic) bond motifs is 1. The normalized spacial score (nSPS) is 11.0. The van der Waals surface area contributed by atoms with E-state index in [0.29, 0.717) is 56.3 Å². The summed E-state index contributed by atoms with van der Waals surface area (Å²) in [5, 5.41) is 1.62. The lowest BCUT2D eigenvalue weighted by Gasteiger charge is -2.28. The molecule has 1 N–H and O–H groups in total. The summed E-state index contributed by atoms with van der Waals surface area (Å²) in [5.41, 5.74) is 3.66. The van der Waals surface area contributed by atoms with Crippen LogP contribution in [0.5, 0.6) is 5.75 Å². The number of hydrogen-bond donors (Lipinski definition) is 1. The van der Waals surface area contributed by atoms with E-state index in [0.717, 1.165) is 27.8 Å². The summed E-state index contributed by atoms with van der Waals surface area (Å²) in [6.45, 7) is 4.31. The number of aromatic nitrogens is 1. The molecule has 0 saturated heterocycles. The Morgan fingerprint density at radius 2 is 1.75 bits per heavy atom. The number of H-pyrrole nitrogens is 1. The van der Waals surface area contributed by atoms with Crippen LogP contribution in [0.1, 0.15) is 34.8 Å². The molecule has 3 aromatic carbocycles. The maximum Gasteiger partial charge on any atom is 0.254 e. The predicted octanol–water partition coefficient (Wildman–Crippen LogP) is 5.97. The van der Waals surface area contributed by atoms with Gasteiger partial charge in [-0.05, 0) is 67.3 Å². The number of nitrogens with one attached hydrogen (secondary N) is 1. The highest BCUT2D eigenvalue weighted by molar-refractivity contribution is 6.31.